The van der Waals surface area contributed by atoms with E-state index < -0.39 is 15.6 Å². The van der Waals surface area contributed by atoms with Gasteiger partial charge >= 0.3 is 0 Å². The van der Waals surface area contributed by atoms with Crippen LogP contribution in [0.4, 0.5) is 5.69 Å². The third-order valence-electron chi connectivity index (χ3n) is 3.95. The number of ether oxygens (including phenoxy) is 2. The first-order chi connectivity index (χ1) is 10.8. The minimum absolute atomic E-state index is 0.0723. The van der Waals surface area contributed by atoms with Gasteiger partial charge in [-0.1, -0.05) is 0 Å². The fourth-order valence-corrected chi connectivity index (χ4v) is 3.62. The van der Waals surface area contributed by atoms with E-state index in [1.165, 1.54) is 18.2 Å². The van der Waals surface area contributed by atoms with Crippen LogP contribution in [0.3, 0.4) is 0 Å². The maximum Gasteiger partial charge on any atom is 0.268 e. The maximum atomic E-state index is 12.4. The van der Waals surface area contributed by atoms with Gasteiger partial charge in [-0.15, -0.1) is 0 Å². The van der Waals surface area contributed by atoms with E-state index in [0.717, 1.165) is 12.8 Å². The highest BCUT2D eigenvalue weighted by Crippen LogP contribution is 2.35. The fraction of sp³-hybridized carbons (Fsp3) is 0.533. The van der Waals surface area contributed by atoms with Crippen LogP contribution in [0.5, 0.6) is 5.75 Å². The van der Waals surface area contributed by atoms with Crippen molar-refractivity contribution in [3.8, 4) is 5.75 Å². The molecule has 1 aromatic rings. The number of carbonyl (C=O) groups excluding carboxylic acids is 1. The molecule has 2 heterocycles. The number of hydrogen-bond acceptors (Lipinski definition) is 5. The Hall–Kier alpha value is -1.64. The summed E-state index contributed by atoms with van der Waals surface area (Å²) >= 11 is 0. The molecular weight excluding hydrogens is 320 g/mol. The van der Waals surface area contributed by atoms with E-state index in [1.807, 2.05) is 0 Å². The summed E-state index contributed by atoms with van der Waals surface area (Å²) < 4.78 is 38.4. The van der Waals surface area contributed by atoms with E-state index >= 15 is 0 Å². The molecule has 2 aliphatic heterocycles. The average molecular weight is 340 g/mol. The molecule has 1 amide bonds. The molecule has 0 aromatic heterocycles. The number of hydrogen-bond donors (Lipinski definition) is 2. The van der Waals surface area contributed by atoms with Crippen LogP contribution in [0.1, 0.15) is 26.7 Å². The Morgan fingerprint density at radius 2 is 2.17 bits per heavy atom. The predicted octanol–water partition coefficient (Wildman–Crippen LogP) is 1.25. The Morgan fingerprint density at radius 1 is 1.39 bits per heavy atom. The van der Waals surface area contributed by atoms with Gasteiger partial charge in [-0.25, -0.2) is 13.1 Å². The van der Waals surface area contributed by atoms with Crippen LogP contribution in [0.15, 0.2) is 23.1 Å². The zero-order chi connectivity index (χ0) is 16.7. The van der Waals surface area contributed by atoms with E-state index in [2.05, 4.69) is 10.0 Å². The van der Waals surface area contributed by atoms with Crippen LogP contribution in [-0.4, -0.2) is 39.2 Å². The van der Waals surface area contributed by atoms with Gasteiger partial charge in [-0.2, -0.15) is 0 Å². The molecule has 1 saturated heterocycles. The number of fused-ring (bicyclic) bond motifs is 1. The number of rotatable bonds is 4. The average Bonchev–Trinajstić information content (AvgIpc) is 2.99. The van der Waals surface area contributed by atoms with Crippen molar-refractivity contribution in [3.63, 3.8) is 0 Å². The van der Waals surface area contributed by atoms with Crippen molar-refractivity contribution in [1.29, 1.82) is 0 Å². The van der Waals surface area contributed by atoms with Gasteiger partial charge in [0, 0.05) is 19.2 Å². The largest absolute Gasteiger partial charge is 0.476 e. The van der Waals surface area contributed by atoms with Crippen LogP contribution in [-0.2, 0) is 19.6 Å². The number of amides is 1. The molecule has 0 spiro atoms. The molecule has 3 rings (SSSR count). The molecule has 1 fully saturated rings. The minimum Gasteiger partial charge on any atom is -0.476 e. The van der Waals surface area contributed by atoms with Gasteiger partial charge in [0.1, 0.15) is 5.75 Å². The lowest BCUT2D eigenvalue weighted by molar-refractivity contribution is -0.129. The number of nitrogens with one attached hydrogen (secondary N) is 2. The molecule has 0 unspecified atom stereocenters. The lowest BCUT2D eigenvalue weighted by Crippen LogP contribution is -2.45. The van der Waals surface area contributed by atoms with Crippen LogP contribution in [0, 0.1) is 0 Å². The molecule has 0 saturated carbocycles. The van der Waals surface area contributed by atoms with E-state index in [0.29, 0.717) is 18.0 Å². The molecule has 2 aliphatic rings. The zero-order valence-electron chi connectivity index (χ0n) is 13.1. The topological polar surface area (TPSA) is 93.7 Å². The Kier molecular flexibility index (Phi) is 4.07. The molecule has 0 radical (unpaired) electrons. The Bertz CT molecular complexity index is 723. The highest BCUT2D eigenvalue weighted by molar-refractivity contribution is 7.89. The van der Waals surface area contributed by atoms with Crippen LogP contribution in [0.25, 0.3) is 0 Å². The summed E-state index contributed by atoms with van der Waals surface area (Å²) in [5, 5.41) is 2.71. The molecule has 7 nitrogen and oxygen atoms in total. The molecule has 0 bridgehead atoms. The summed E-state index contributed by atoms with van der Waals surface area (Å²) in [5.74, 6) is 0.0757. The Balaban J connectivity index is 1.79. The highest BCUT2D eigenvalue weighted by atomic mass is 32.2. The number of sulfonamides is 1. The second-order valence-electron chi connectivity index (χ2n) is 6.21. The summed E-state index contributed by atoms with van der Waals surface area (Å²) in [4.78, 5) is 11.9. The molecule has 0 aliphatic carbocycles. The monoisotopic (exact) mass is 340 g/mol. The summed E-state index contributed by atoms with van der Waals surface area (Å²) in [7, 11) is -3.65. The van der Waals surface area contributed by atoms with Gasteiger partial charge in [0.25, 0.3) is 5.91 Å². The lowest BCUT2D eigenvalue weighted by atomic mass is 10.1. The first-order valence-corrected chi connectivity index (χ1v) is 9.02. The smallest absolute Gasteiger partial charge is 0.268 e. The SMILES string of the molecule is CC1(C)Oc2cc(S(=O)(=O)NC[C@H]3CCCO3)ccc2NC1=O. The van der Waals surface area contributed by atoms with Crippen molar-refractivity contribution in [2.24, 2.45) is 0 Å². The second-order valence-corrected chi connectivity index (χ2v) is 7.98. The Labute approximate surface area is 135 Å². The second kappa shape index (κ2) is 5.77. The number of benzene rings is 1. The summed E-state index contributed by atoms with van der Waals surface area (Å²) in [5.41, 5.74) is -0.576. The molecule has 23 heavy (non-hydrogen) atoms. The quantitative estimate of drug-likeness (QED) is 0.860. The van der Waals surface area contributed by atoms with Gasteiger partial charge in [-0.05, 0) is 38.8 Å². The van der Waals surface area contributed by atoms with Crippen molar-refractivity contribution < 1.29 is 22.7 Å². The fourth-order valence-electron chi connectivity index (χ4n) is 2.54. The minimum atomic E-state index is -3.65. The van der Waals surface area contributed by atoms with Crippen LogP contribution < -0.4 is 14.8 Å². The molecule has 1 atom stereocenters. The van der Waals surface area contributed by atoms with E-state index in [1.54, 1.807) is 13.8 Å². The zero-order valence-corrected chi connectivity index (χ0v) is 13.9. The van der Waals surface area contributed by atoms with Gasteiger partial charge in [0.15, 0.2) is 5.60 Å². The normalized spacial score (nSPS) is 23.0. The number of carbonyl (C=O) groups is 1. The van der Waals surface area contributed by atoms with Gasteiger partial charge in [0.05, 0.1) is 16.7 Å². The Morgan fingerprint density at radius 3 is 2.87 bits per heavy atom. The number of anilines is 1. The van der Waals surface area contributed by atoms with Crippen molar-refractivity contribution in [2.45, 2.75) is 43.3 Å². The molecule has 1 aromatic carbocycles. The summed E-state index contributed by atoms with van der Waals surface area (Å²) in [6.07, 6.45) is 1.74. The molecular formula is C15H20N2O5S. The van der Waals surface area contributed by atoms with Gasteiger partial charge < -0.3 is 14.8 Å². The summed E-state index contributed by atoms with van der Waals surface area (Å²) in [6.45, 7) is 4.18. The van der Waals surface area contributed by atoms with E-state index in [-0.39, 0.29) is 23.5 Å². The van der Waals surface area contributed by atoms with E-state index in [9.17, 15) is 13.2 Å². The van der Waals surface area contributed by atoms with Crippen molar-refractivity contribution in [2.75, 3.05) is 18.5 Å². The maximum absolute atomic E-state index is 12.4. The predicted molar refractivity (Wildman–Crippen MR) is 83.9 cm³/mol. The van der Waals surface area contributed by atoms with Crippen molar-refractivity contribution in [1.82, 2.24) is 4.72 Å². The molecule has 126 valence electrons. The van der Waals surface area contributed by atoms with Gasteiger partial charge in [-0.3, -0.25) is 4.79 Å². The third kappa shape index (κ3) is 3.34. The van der Waals surface area contributed by atoms with Gasteiger partial charge in [0.2, 0.25) is 10.0 Å². The highest BCUT2D eigenvalue weighted by Gasteiger charge is 2.36. The van der Waals surface area contributed by atoms with Crippen LogP contribution >= 0.6 is 0 Å². The lowest BCUT2D eigenvalue weighted by Gasteiger charge is -2.31. The first kappa shape index (κ1) is 16.2. The third-order valence-corrected chi connectivity index (χ3v) is 5.37. The van der Waals surface area contributed by atoms with Crippen LogP contribution in [0.2, 0.25) is 0 Å². The van der Waals surface area contributed by atoms with E-state index in [4.69, 9.17) is 9.47 Å². The van der Waals surface area contributed by atoms with Crippen molar-refractivity contribution >= 4 is 21.6 Å². The first-order valence-electron chi connectivity index (χ1n) is 7.54. The standard InChI is InChI=1S/C15H20N2O5S/c1-15(2)14(18)17-12-6-5-11(8-13(12)22-15)23(19,20)16-9-10-4-3-7-21-10/h5-6,8,10,16H,3-4,7,9H2,1-2H3,(H,17,18)/t10-/m1/s1. The summed E-state index contributed by atoms with van der Waals surface area (Å²) in [6, 6.07) is 4.40. The van der Waals surface area contributed by atoms with Crippen molar-refractivity contribution in [3.05, 3.63) is 18.2 Å². The molecule has 2 N–H and O–H groups in total. The molecule has 8 heteroatoms.